The third-order valence-corrected chi connectivity index (χ3v) is 9.79. The normalized spacial score (nSPS) is 20.4. The van der Waals surface area contributed by atoms with E-state index in [0.29, 0.717) is 57.5 Å². The average Bonchev–Trinajstić information content (AvgIpc) is 2.83. The van der Waals surface area contributed by atoms with Crippen molar-refractivity contribution in [2.45, 2.75) is 78.0 Å². The number of hydrogen-bond acceptors (Lipinski definition) is 7. The zero-order valence-corrected chi connectivity index (χ0v) is 27.2. The second kappa shape index (κ2) is 10.6. The van der Waals surface area contributed by atoms with Crippen molar-refractivity contribution in [3.8, 4) is 11.5 Å². The van der Waals surface area contributed by atoms with Gasteiger partial charge in [0.1, 0.15) is 16.4 Å². The summed E-state index contributed by atoms with van der Waals surface area (Å²) in [6.07, 6.45) is 1.86. The zero-order chi connectivity index (χ0) is 29.9. The van der Waals surface area contributed by atoms with Crippen LogP contribution in [0.5, 0.6) is 11.5 Å². The number of carbonyl (C=O) groups is 2. The zero-order valence-electron chi connectivity index (χ0n) is 24.2. The number of ketones is 2. The van der Waals surface area contributed by atoms with E-state index < -0.39 is 16.0 Å². The smallest absolute Gasteiger partial charge is 0.339 e. The van der Waals surface area contributed by atoms with E-state index in [0.717, 1.165) is 5.56 Å². The number of halogens is 1. The maximum Gasteiger partial charge on any atom is 0.339 e. The van der Waals surface area contributed by atoms with Gasteiger partial charge in [-0.3, -0.25) is 9.59 Å². The van der Waals surface area contributed by atoms with Crippen LogP contribution in [0.15, 0.2) is 64.0 Å². The van der Waals surface area contributed by atoms with Crippen LogP contribution in [0.2, 0.25) is 0 Å². The first-order valence-corrected chi connectivity index (χ1v) is 16.3. The maximum atomic E-state index is 13.7. The minimum Gasteiger partial charge on any atom is -0.490 e. The summed E-state index contributed by atoms with van der Waals surface area (Å²) in [7, 11) is -4.14. The standard InChI is InChI=1S/C32H35IO7S/c1-7-38-24-13-19(12-21(33)30(24)40-41(36,37)20-10-8-18(2)9-11-20)27-28-22(34)14-31(3,4)16-25(28)39-26-17-32(5,6)15-23(35)29(26)27/h8-13,27H,7,14-17H2,1-6H3. The minimum absolute atomic E-state index is 0.0327. The summed E-state index contributed by atoms with van der Waals surface area (Å²) in [5, 5.41) is 0. The predicted octanol–water partition coefficient (Wildman–Crippen LogP) is 7.17. The van der Waals surface area contributed by atoms with Gasteiger partial charge in [0, 0.05) is 42.7 Å². The Morgan fingerprint density at radius 1 is 0.902 bits per heavy atom. The predicted molar refractivity (Wildman–Crippen MR) is 163 cm³/mol. The molecule has 0 N–H and O–H groups in total. The number of hydrogen-bond donors (Lipinski definition) is 0. The molecule has 0 unspecified atom stereocenters. The van der Waals surface area contributed by atoms with E-state index in [1.165, 1.54) is 12.1 Å². The molecule has 41 heavy (non-hydrogen) atoms. The molecule has 0 saturated heterocycles. The van der Waals surface area contributed by atoms with Gasteiger partial charge in [0.05, 0.1) is 10.2 Å². The lowest BCUT2D eigenvalue weighted by Gasteiger charge is -2.42. The van der Waals surface area contributed by atoms with Gasteiger partial charge >= 0.3 is 10.1 Å². The average molecular weight is 691 g/mol. The highest BCUT2D eigenvalue weighted by Gasteiger charge is 2.48. The lowest BCUT2D eigenvalue weighted by molar-refractivity contribution is -0.120. The Bertz CT molecular complexity index is 1560. The first-order valence-electron chi connectivity index (χ1n) is 13.8. The Labute approximate surface area is 255 Å². The molecular formula is C32H35IO7S. The van der Waals surface area contributed by atoms with Gasteiger partial charge in [-0.05, 0) is 77.1 Å². The molecule has 2 aliphatic carbocycles. The van der Waals surface area contributed by atoms with Gasteiger partial charge in [-0.15, -0.1) is 0 Å². The Hall–Kier alpha value is -2.66. The number of Topliss-reactive ketones (excluding diaryl/α,β-unsaturated/α-hetero) is 2. The van der Waals surface area contributed by atoms with E-state index in [1.807, 2.05) is 57.2 Å². The molecule has 7 nitrogen and oxygen atoms in total. The van der Waals surface area contributed by atoms with Crippen LogP contribution >= 0.6 is 22.6 Å². The highest BCUT2D eigenvalue weighted by atomic mass is 127. The SMILES string of the molecule is CCOc1cc(C2C3=C(CC(C)(C)CC3=O)OC3=C2C(=O)CC(C)(C)C3)cc(I)c1OS(=O)(=O)c1ccc(C)cc1. The molecule has 2 aromatic carbocycles. The number of aryl methyl sites for hydroxylation is 1. The van der Waals surface area contributed by atoms with Crippen molar-refractivity contribution in [1.29, 1.82) is 0 Å². The Kier molecular flexibility index (Phi) is 7.68. The van der Waals surface area contributed by atoms with Crippen molar-refractivity contribution < 1.29 is 31.7 Å². The lowest BCUT2D eigenvalue weighted by Crippen LogP contribution is -2.37. The van der Waals surface area contributed by atoms with Crippen LogP contribution in [0.4, 0.5) is 0 Å². The van der Waals surface area contributed by atoms with Gasteiger partial charge < -0.3 is 13.7 Å². The van der Waals surface area contributed by atoms with Crippen molar-refractivity contribution in [1.82, 2.24) is 0 Å². The molecule has 0 atom stereocenters. The van der Waals surface area contributed by atoms with Gasteiger partial charge in [0.15, 0.2) is 23.1 Å². The van der Waals surface area contributed by atoms with Crippen LogP contribution in [-0.4, -0.2) is 26.6 Å². The molecule has 0 saturated carbocycles. The summed E-state index contributed by atoms with van der Waals surface area (Å²) in [5.41, 5.74) is 2.09. The van der Waals surface area contributed by atoms with Gasteiger partial charge in [-0.2, -0.15) is 8.42 Å². The Morgan fingerprint density at radius 3 is 1.95 bits per heavy atom. The number of allylic oxidation sites excluding steroid dienone is 4. The fourth-order valence-corrected chi connectivity index (χ4v) is 7.81. The van der Waals surface area contributed by atoms with Crippen molar-refractivity contribution in [3.05, 3.63) is 73.8 Å². The van der Waals surface area contributed by atoms with E-state index in [2.05, 4.69) is 0 Å². The highest BCUT2D eigenvalue weighted by Crippen LogP contribution is 2.54. The first kappa shape index (κ1) is 29.8. The van der Waals surface area contributed by atoms with Gasteiger partial charge in [0.2, 0.25) is 0 Å². The molecule has 3 aliphatic rings. The largest absolute Gasteiger partial charge is 0.490 e. The Balaban J connectivity index is 1.65. The summed E-state index contributed by atoms with van der Waals surface area (Å²) >= 11 is 2.03. The molecule has 0 bridgehead atoms. The van der Waals surface area contributed by atoms with Crippen molar-refractivity contribution >= 4 is 44.3 Å². The van der Waals surface area contributed by atoms with Crippen molar-refractivity contribution in [3.63, 3.8) is 0 Å². The van der Waals surface area contributed by atoms with E-state index in [9.17, 15) is 18.0 Å². The lowest BCUT2D eigenvalue weighted by atomic mass is 9.65. The van der Waals surface area contributed by atoms with E-state index in [-0.39, 0.29) is 45.4 Å². The number of ether oxygens (including phenoxy) is 2. The van der Waals surface area contributed by atoms with E-state index >= 15 is 0 Å². The number of carbonyl (C=O) groups excluding carboxylic acids is 2. The molecule has 1 heterocycles. The molecule has 0 aromatic heterocycles. The van der Waals surface area contributed by atoms with Crippen molar-refractivity contribution in [2.75, 3.05) is 6.61 Å². The third-order valence-electron chi connectivity index (χ3n) is 7.75. The number of benzene rings is 2. The fourth-order valence-electron chi connectivity index (χ4n) is 5.97. The summed E-state index contributed by atoms with van der Waals surface area (Å²) in [6, 6.07) is 9.91. The van der Waals surface area contributed by atoms with Crippen molar-refractivity contribution in [2.24, 2.45) is 10.8 Å². The molecular weight excluding hydrogens is 655 g/mol. The summed E-state index contributed by atoms with van der Waals surface area (Å²) in [6.45, 7) is 12.1. The molecule has 5 rings (SSSR count). The van der Waals surface area contributed by atoms with Crippen LogP contribution in [0, 0.1) is 21.3 Å². The van der Waals surface area contributed by atoms with Gasteiger partial charge in [-0.25, -0.2) is 0 Å². The van der Waals surface area contributed by atoms with Crippen LogP contribution in [0.25, 0.3) is 0 Å². The molecule has 218 valence electrons. The van der Waals surface area contributed by atoms with E-state index in [1.54, 1.807) is 31.2 Å². The van der Waals surface area contributed by atoms with Crippen LogP contribution in [-0.2, 0) is 24.4 Å². The monoisotopic (exact) mass is 690 g/mol. The molecule has 0 radical (unpaired) electrons. The fraction of sp³-hybridized carbons (Fsp3) is 0.438. The topological polar surface area (TPSA) is 96.0 Å². The van der Waals surface area contributed by atoms with Crippen LogP contribution in [0.3, 0.4) is 0 Å². The summed E-state index contributed by atoms with van der Waals surface area (Å²) in [4.78, 5) is 27.3. The van der Waals surface area contributed by atoms with Gasteiger partial charge in [0.25, 0.3) is 0 Å². The molecule has 1 aliphatic heterocycles. The second-order valence-corrected chi connectivity index (χ2v) is 15.4. The Morgan fingerprint density at radius 2 is 1.44 bits per heavy atom. The minimum atomic E-state index is -4.14. The van der Waals surface area contributed by atoms with E-state index in [4.69, 9.17) is 13.7 Å². The third kappa shape index (κ3) is 5.84. The number of rotatable bonds is 6. The highest BCUT2D eigenvalue weighted by molar-refractivity contribution is 14.1. The summed E-state index contributed by atoms with van der Waals surface area (Å²) in [5.74, 6) is 0.830. The maximum absolute atomic E-state index is 13.7. The van der Waals surface area contributed by atoms with Crippen LogP contribution < -0.4 is 8.92 Å². The molecule has 0 spiro atoms. The summed E-state index contributed by atoms with van der Waals surface area (Å²) < 4.78 is 44.8. The van der Waals surface area contributed by atoms with Gasteiger partial charge in [-0.1, -0.05) is 45.4 Å². The molecule has 0 amide bonds. The first-order chi connectivity index (χ1) is 19.1. The quantitative estimate of drug-likeness (QED) is 0.234. The second-order valence-electron chi connectivity index (χ2n) is 12.7. The molecule has 0 fully saturated rings. The molecule has 2 aromatic rings. The van der Waals surface area contributed by atoms with Crippen LogP contribution in [0.1, 0.15) is 77.3 Å². The molecule has 9 heteroatoms.